The van der Waals surface area contributed by atoms with E-state index in [9.17, 15) is 13.6 Å². The number of hydrogen-bond acceptors (Lipinski definition) is 1. The Morgan fingerprint density at radius 2 is 1.05 bits per heavy atom. The van der Waals surface area contributed by atoms with Crippen molar-refractivity contribution in [1.82, 2.24) is 4.98 Å². The van der Waals surface area contributed by atoms with Crippen molar-refractivity contribution in [2.45, 2.75) is 0 Å². The van der Waals surface area contributed by atoms with Gasteiger partial charge in [0.05, 0.1) is 0 Å². The van der Waals surface area contributed by atoms with Crippen LogP contribution in [0.4, 0.5) is 8.78 Å². The first-order chi connectivity index (χ1) is 10.1. The Hall–Kier alpha value is -2.75. The highest BCUT2D eigenvalue weighted by Gasteiger charge is 2.05. The summed E-state index contributed by atoms with van der Waals surface area (Å²) in [5.41, 5.74) is 2.41. The topological polar surface area (TPSA) is 32.9 Å². The van der Waals surface area contributed by atoms with Crippen LogP contribution in [0, 0.1) is 11.6 Å². The smallest absolute Gasteiger partial charge is 0.182 e. The Kier molecular flexibility index (Phi) is 3.36. The number of rotatable bonds is 2. The van der Waals surface area contributed by atoms with Crippen molar-refractivity contribution in [3.8, 4) is 22.5 Å². The maximum Gasteiger partial charge on any atom is 0.182 e. The lowest BCUT2D eigenvalue weighted by Gasteiger charge is -2.07. The van der Waals surface area contributed by atoms with Crippen molar-refractivity contribution in [3.63, 3.8) is 0 Å². The fourth-order valence-corrected chi connectivity index (χ4v) is 2.11. The average Bonchev–Trinajstić information content (AvgIpc) is 2.48. The maximum absolute atomic E-state index is 13.0. The minimum Gasteiger partial charge on any atom is -0.354 e. The molecule has 0 aliphatic carbocycles. The van der Waals surface area contributed by atoms with Crippen LogP contribution >= 0.6 is 0 Å². The van der Waals surface area contributed by atoms with Crippen LogP contribution in [-0.4, -0.2) is 4.98 Å². The van der Waals surface area contributed by atoms with Crippen molar-refractivity contribution in [2.75, 3.05) is 0 Å². The fourth-order valence-electron chi connectivity index (χ4n) is 2.11. The van der Waals surface area contributed by atoms with Crippen LogP contribution in [-0.2, 0) is 0 Å². The van der Waals surface area contributed by atoms with Gasteiger partial charge in [0.2, 0.25) is 0 Å². The Morgan fingerprint density at radius 1 is 0.667 bits per heavy atom. The number of aromatic nitrogens is 1. The Bertz CT molecular complexity index is 754. The molecule has 0 saturated carbocycles. The van der Waals surface area contributed by atoms with E-state index in [1.54, 1.807) is 24.3 Å². The van der Waals surface area contributed by atoms with Gasteiger partial charge in [-0.1, -0.05) is 0 Å². The second kappa shape index (κ2) is 5.32. The molecule has 104 valence electrons. The summed E-state index contributed by atoms with van der Waals surface area (Å²) < 4.78 is 25.9. The lowest BCUT2D eigenvalue weighted by atomic mass is 10.1. The largest absolute Gasteiger partial charge is 0.354 e. The van der Waals surface area contributed by atoms with Crippen molar-refractivity contribution >= 4 is 0 Å². The highest BCUT2D eigenvalue weighted by atomic mass is 19.1. The molecule has 1 N–H and O–H groups in total. The van der Waals surface area contributed by atoms with E-state index in [0.717, 1.165) is 0 Å². The zero-order chi connectivity index (χ0) is 14.8. The molecule has 0 fully saturated rings. The monoisotopic (exact) mass is 283 g/mol. The van der Waals surface area contributed by atoms with E-state index in [1.807, 2.05) is 0 Å². The quantitative estimate of drug-likeness (QED) is 0.758. The Labute approximate surface area is 119 Å². The predicted molar refractivity (Wildman–Crippen MR) is 77.9 cm³/mol. The summed E-state index contributed by atoms with van der Waals surface area (Å²) in [5, 5.41) is 0. The normalized spacial score (nSPS) is 10.6. The Morgan fingerprint density at radius 3 is 1.43 bits per heavy atom. The molecule has 0 unspecified atom stereocenters. The van der Waals surface area contributed by atoms with Gasteiger partial charge in [0, 0.05) is 23.5 Å². The van der Waals surface area contributed by atoms with Crippen LogP contribution in [0.1, 0.15) is 0 Å². The molecule has 1 heterocycles. The highest BCUT2D eigenvalue weighted by Crippen LogP contribution is 2.21. The number of H-pyrrole nitrogens is 1. The van der Waals surface area contributed by atoms with Crippen molar-refractivity contribution in [2.24, 2.45) is 0 Å². The zero-order valence-electron chi connectivity index (χ0n) is 10.9. The molecule has 4 heteroatoms. The van der Waals surface area contributed by atoms with Gasteiger partial charge < -0.3 is 4.98 Å². The summed E-state index contributed by atoms with van der Waals surface area (Å²) in [4.78, 5) is 14.9. The number of halogens is 2. The predicted octanol–water partition coefficient (Wildman–Crippen LogP) is 3.99. The molecule has 1 aromatic heterocycles. The first kappa shape index (κ1) is 13.2. The van der Waals surface area contributed by atoms with Crippen molar-refractivity contribution < 1.29 is 8.78 Å². The standard InChI is InChI=1S/C17H11F2NO/c18-13-5-1-11(2-6-13)16-9-15(21)10-17(20-16)12-3-7-14(19)8-4-12/h1-10H,(H,20,21). The zero-order valence-corrected chi connectivity index (χ0v) is 10.9. The van der Waals surface area contributed by atoms with Gasteiger partial charge in [-0.15, -0.1) is 0 Å². The first-order valence-corrected chi connectivity index (χ1v) is 6.38. The number of hydrogen-bond donors (Lipinski definition) is 1. The molecule has 3 aromatic rings. The van der Waals surface area contributed by atoms with Gasteiger partial charge >= 0.3 is 0 Å². The fraction of sp³-hybridized carbons (Fsp3) is 0. The maximum atomic E-state index is 13.0. The number of nitrogens with one attached hydrogen (secondary N) is 1. The minimum absolute atomic E-state index is 0.174. The van der Waals surface area contributed by atoms with Crippen LogP contribution in [0.15, 0.2) is 65.5 Å². The van der Waals surface area contributed by atoms with E-state index in [1.165, 1.54) is 36.4 Å². The number of pyridine rings is 1. The molecule has 0 amide bonds. The lowest BCUT2D eigenvalue weighted by Crippen LogP contribution is -2.02. The third-order valence-corrected chi connectivity index (χ3v) is 3.15. The molecule has 0 radical (unpaired) electrons. The summed E-state index contributed by atoms with van der Waals surface area (Å²) in [6.07, 6.45) is 0. The average molecular weight is 283 g/mol. The number of aromatic amines is 1. The molecule has 0 aliphatic rings. The van der Waals surface area contributed by atoms with E-state index in [4.69, 9.17) is 0 Å². The molecule has 2 aromatic carbocycles. The third-order valence-electron chi connectivity index (χ3n) is 3.15. The first-order valence-electron chi connectivity index (χ1n) is 6.38. The highest BCUT2D eigenvalue weighted by molar-refractivity contribution is 5.65. The molecule has 0 bridgehead atoms. The second-order valence-electron chi connectivity index (χ2n) is 4.66. The minimum atomic E-state index is -0.337. The van der Waals surface area contributed by atoms with Gasteiger partial charge in [-0.3, -0.25) is 4.79 Å². The van der Waals surface area contributed by atoms with Crippen molar-refractivity contribution in [3.05, 3.63) is 82.5 Å². The van der Waals surface area contributed by atoms with Gasteiger partial charge in [-0.05, 0) is 59.7 Å². The summed E-state index contributed by atoms with van der Waals surface area (Å²) in [6.45, 7) is 0. The van der Waals surface area contributed by atoms with Gasteiger partial charge in [0.25, 0.3) is 0 Å². The molecular weight excluding hydrogens is 272 g/mol. The molecule has 2 nitrogen and oxygen atoms in total. The summed E-state index contributed by atoms with van der Waals surface area (Å²) >= 11 is 0. The van der Waals surface area contributed by atoms with Gasteiger partial charge in [-0.25, -0.2) is 8.78 Å². The second-order valence-corrected chi connectivity index (χ2v) is 4.66. The van der Waals surface area contributed by atoms with Gasteiger partial charge in [-0.2, -0.15) is 0 Å². The summed E-state index contributed by atoms with van der Waals surface area (Å²) in [6, 6.07) is 14.6. The van der Waals surface area contributed by atoms with Gasteiger partial charge in [0.1, 0.15) is 11.6 Å². The van der Waals surface area contributed by atoms with Crippen LogP contribution < -0.4 is 5.43 Å². The molecule has 0 saturated heterocycles. The summed E-state index contributed by atoms with van der Waals surface area (Å²) in [5.74, 6) is -0.674. The van der Waals surface area contributed by atoms with Crippen LogP contribution in [0.3, 0.4) is 0 Å². The van der Waals surface area contributed by atoms with Gasteiger partial charge in [0.15, 0.2) is 5.43 Å². The molecular formula is C17H11F2NO. The molecule has 3 rings (SSSR count). The lowest BCUT2D eigenvalue weighted by molar-refractivity contribution is 0.627. The van der Waals surface area contributed by atoms with Crippen molar-refractivity contribution in [1.29, 1.82) is 0 Å². The molecule has 21 heavy (non-hydrogen) atoms. The SMILES string of the molecule is O=c1cc(-c2ccc(F)cc2)[nH]c(-c2ccc(F)cc2)c1. The molecule has 0 aliphatic heterocycles. The third kappa shape index (κ3) is 2.89. The molecule has 0 atom stereocenters. The van der Waals surface area contributed by atoms with E-state index in [0.29, 0.717) is 22.5 Å². The summed E-state index contributed by atoms with van der Waals surface area (Å²) in [7, 11) is 0. The number of benzene rings is 2. The Balaban J connectivity index is 2.10. The van der Waals surface area contributed by atoms with Crippen LogP contribution in [0.5, 0.6) is 0 Å². The van der Waals surface area contributed by atoms with E-state index < -0.39 is 0 Å². The van der Waals surface area contributed by atoms with E-state index >= 15 is 0 Å². The van der Waals surface area contributed by atoms with Crippen LogP contribution in [0.2, 0.25) is 0 Å². The van der Waals surface area contributed by atoms with E-state index in [2.05, 4.69) is 4.98 Å². The van der Waals surface area contributed by atoms with E-state index in [-0.39, 0.29) is 17.1 Å². The van der Waals surface area contributed by atoms with Crippen LogP contribution in [0.25, 0.3) is 22.5 Å². The molecule has 0 spiro atoms.